The van der Waals surface area contributed by atoms with Crippen LogP contribution >= 0.6 is 0 Å². The van der Waals surface area contributed by atoms with E-state index in [1.54, 1.807) is 0 Å². The van der Waals surface area contributed by atoms with Crippen molar-refractivity contribution < 1.29 is 47.4 Å². The minimum absolute atomic E-state index is 0.0322. The first-order chi connectivity index (χ1) is 32.9. The van der Waals surface area contributed by atoms with Gasteiger partial charge in [0.1, 0.15) is 18.3 Å². The molecule has 1 heterocycles. The topological polar surface area (TPSA) is 92.3 Å². The molecule has 0 amide bonds. The molecule has 10 atom stereocenters. The van der Waals surface area contributed by atoms with Crippen LogP contribution in [0, 0.1) is 82.9 Å². The van der Waals surface area contributed by atoms with Crippen LogP contribution in [0.2, 0.25) is 0 Å². The monoisotopic (exact) mass is 1000 g/mol. The van der Waals surface area contributed by atoms with Crippen molar-refractivity contribution >= 4 is 0 Å². The van der Waals surface area contributed by atoms with E-state index >= 15 is 0 Å². The van der Waals surface area contributed by atoms with Gasteiger partial charge in [-0.05, 0) is 115 Å². The number of hydrogen-bond donors (Lipinski definition) is 0. The van der Waals surface area contributed by atoms with Crippen LogP contribution in [0.3, 0.4) is 0 Å². The molecule has 70 heavy (non-hydrogen) atoms. The minimum Gasteiger partial charge on any atom is -0.381 e. The zero-order valence-electron chi connectivity index (χ0n) is 49.8. The molecule has 0 aromatic rings. The molecule has 0 N–H and O–H groups in total. The van der Waals surface area contributed by atoms with E-state index in [4.69, 9.17) is 47.4 Å². The number of rotatable bonds is 44. The van der Waals surface area contributed by atoms with E-state index in [0.29, 0.717) is 156 Å². The Hall–Kier alpha value is -0.400. The standard InChI is InChI=1S/C60H120O10/c1-41(2)21-51(47(13)14)27-61-28-54(50(19)20)29-62-37-59(69-56(25-45(9)10)33-64-38-60-39-65-34-57(70-60)26-46(11)12)40-66-36-58(68-31-53(49(17)18)23-43(5)6)35-63-32-55(24-44(7)8)67-30-52(48(15)16)22-42(3)4/h41-60H,21-40H2,1-20H3/t51?,52-,53-,54+,55?,56?,57?,58?,59?,60?/m0/s1. The van der Waals surface area contributed by atoms with Gasteiger partial charge in [0.05, 0.1) is 104 Å². The van der Waals surface area contributed by atoms with Crippen molar-refractivity contribution in [3.8, 4) is 0 Å². The summed E-state index contributed by atoms with van der Waals surface area (Å²) in [5, 5.41) is 0. The SMILES string of the molecule is CC(C)CC(COCC(COCC(COC[C@@H](COCC(CC(C)C)C(C)C)C(C)C)OC(COCC1COCC(CC(C)C)O1)CC(C)C)OC[C@H](CC(C)C)C(C)C)OC[C@H](CC(C)C)C(C)C. The van der Waals surface area contributed by atoms with E-state index in [9.17, 15) is 0 Å². The molecule has 0 saturated carbocycles. The number of hydrogen-bond acceptors (Lipinski definition) is 10. The lowest BCUT2D eigenvalue weighted by Gasteiger charge is -2.32. The van der Waals surface area contributed by atoms with Crippen molar-refractivity contribution in [1.29, 1.82) is 0 Å². The van der Waals surface area contributed by atoms with Crippen LogP contribution in [0.4, 0.5) is 0 Å². The minimum atomic E-state index is -0.309. The van der Waals surface area contributed by atoms with E-state index in [2.05, 4.69) is 138 Å². The van der Waals surface area contributed by atoms with Gasteiger partial charge in [-0.25, -0.2) is 0 Å². The summed E-state index contributed by atoms with van der Waals surface area (Å²) in [5.74, 6) is 7.26. The molecule has 10 nitrogen and oxygen atoms in total. The third-order valence-corrected chi connectivity index (χ3v) is 13.9. The predicted octanol–water partition coefficient (Wildman–Crippen LogP) is 13.7. The smallest absolute Gasteiger partial charge is 0.105 e. The second kappa shape index (κ2) is 39.0. The van der Waals surface area contributed by atoms with Gasteiger partial charge in [0, 0.05) is 12.5 Å². The van der Waals surface area contributed by atoms with Crippen LogP contribution in [0.1, 0.15) is 177 Å². The van der Waals surface area contributed by atoms with E-state index in [0.717, 1.165) is 38.9 Å². The van der Waals surface area contributed by atoms with Crippen molar-refractivity contribution in [2.75, 3.05) is 92.5 Å². The summed E-state index contributed by atoms with van der Waals surface area (Å²) in [6, 6.07) is 0. The maximum atomic E-state index is 6.97. The van der Waals surface area contributed by atoms with Crippen LogP contribution in [-0.4, -0.2) is 129 Å². The Balaban J connectivity index is 3.26. The van der Waals surface area contributed by atoms with Crippen molar-refractivity contribution in [3.63, 3.8) is 0 Å². The Morgan fingerprint density at radius 2 is 0.686 bits per heavy atom. The van der Waals surface area contributed by atoms with Gasteiger partial charge in [-0.1, -0.05) is 138 Å². The number of ether oxygens (including phenoxy) is 10. The molecular formula is C60H120O10. The van der Waals surface area contributed by atoms with Gasteiger partial charge < -0.3 is 47.4 Å². The van der Waals surface area contributed by atoms with Gasteiger partial charge >= 0.3 is 0 Å². The van der Waals surface area contributed by atoms with Crippen molar-refractivity contribution in [1.82, 2.24) is 0 Å². The molecule has 0 aromatic carbocycles. The maximum Gasteiger partial charge on any atom is 0.105 e. The van der Waals surface area contributed by atoms with E-state index in [1.807, 2.05) is 0 Å². The lowest BCUT2D eigenvalue weighted by atomic mass is 9.88. The fraction of sp³-hybridized carbons (Fsp3) is 1.00. The van der Waals surface area contributed by atoms with Crippen molar-refractivity contribution in [2.45, 2.75) is 214 Å². The third kappa shape index (κ3) is 34.2. The lowest BCUT2D eigenvalue weighted by Crippen LogP contribution is -2.40. The first-order valence-electron chi connectivity index (χ1n) is 29.0. The largest absolute Gasteiger partial charge is 0.381 e. The highest BCUT2D eigenvalue weighted by atomic mass is 16.6. The van der Waals surface area contributed by atoms with Gasteiger partial charge in [-0.3, -0.25) is 0 Å². The summed E-state index contributed by atoms with van der Waals surface area (Å²) < 4.78 is 65.3. The second-order valence-electron chi connectivity index (χ2n) is 25.7. The first kappa shape index (κ1) is 67.6. The molecule has 0 spiro atoms. The average molecular weight is 1000 g/mol. The Morgan fingerprint density at radius 3 is 1.14 bits per heavy atom. The van der Waals surface area contributed by atoms with Crippen LogP contribution in [0.25, 0.3) is 0 Å². The van der Waals surface area contributed by atoms with E-state index in [-0.39, 0.29) is 42.5 Å². The van der Waals surface area contributed by atoms with Gasteiger partial charge in [0.25, 0.3) is 0 Å². The summed E-state index contributed by atoms with van der Waals surface area (Å²) in [7, 11) is 0. The van der Waals surface area contributed by atoms with Gasteiger partial charge in [0.15, 0.2) is 0 Å². The molecule has 0 aliphatic carbocycles. The van der Waals surface area contributed by atoms with Gasteiger partial charge in [-0.15, -0.1) is 0 Å². The summed E-state index contributed by atoms with van der Waals surface area (Å²) in [6.45, 7) is 53.5. The molecule has 7 unspecified atom stereocenters. The molecule has 1 aliphatic heterocycles. The van der Waals surface area contributed by atoms with Crippen LogP contribution in [-0.2, 0) is 47.4 Å². The molecule has 0 aromatic heterocycles. The molecule has 0 bridgehead atoms. The lowest BCUT2D eigenvalue weighted by molar-refractivity contribution is -0.171. The average Bonchev–Trinajstić information content (AvgIpc) is 3.23. The van der Waals surface area contributed by atoms with Gasteiger partial charge in [0.2, 0.25) is 0 Å². The molecule has 1 saturated heterocycles. The predicted molar refractivity (Wildman–Crippen MR) is 292 cm³/mol. The second-order valence-corrected chi connectivity index (χ2v) is 25.7. The van der Waals surface area contributed by atoms with Crippen LogP contribution < -0.4 is 0 Å². The molecule has 0 radical (unpaired) electrons. The first-order valence-corrected chi connectivity index (χ1v) is 29.0. The molecular weight excluding hydrogens is 881 g/mol. The Morgan fingerprint density at radius 1 is 0.329 bits per heavy atom. The normalized spacial score (nSPS) is 19.8. The summed E-state index contributed by atoms with van der Waals surface area (Å²) in [4.78, 5) is 0. The molecule has 420 valence electrons. The molecule has 1 aliphatic rings. The summed E-state index contributed by atoms with van der Waals surface area (Å²) >= 11 is 0. The third-order valence-electron chi connectivity index (χ3n) is 13.9. The van der Waals surface area contributed by atoms with Crippen LogP contribution in [0.5, 0.6) is 0 Å². The van der Waals surface area contributed by atoms with E-state index in [1.165, 1.54) is 12.8 Å². The highest BCUT2D eigenvalue weighted by molar-refractivity contribution is 4.74. The quantitative estimate of drug-likeness (QED) is 0.0588. The Labute approximate surface area is 434 Å². The summed E-state index contributed by atoms with van der Waals surface area (Å²) in [5.41, 5.74) is 0. The van der Waals surface area contributed by atoms with E-state index < -0.39 is 0 Å². The van der Waals surface area contributed by atoms with Crippen LogP contribution in [0.15, 0.2) is 0 Å². The molecule has 1 rings (SSSR count). The highest BCUT2D eigenvalue weighted by Gasteiger charge is 2.28. The summed E-state index contributed by atoms with van der Waals surface area (Å²) in [6.07, 6.45) is 5.63. The maximum absolute atomic E-state index is 6.97. The van der Waals surface area contributed by atoms with Gasteiger partial charge in [-0.2, -0.15) is 0 Å². The zero-order valence-corrected chi connectivity index (χ0v) is 49.8. The Kier molecular flexibility index (Phi) is 37.7. The Bertz CT molecular complexity index is 1190. The fourth-order valence-corrected chi connectivity index (χ4v) is 9.44. The molecule has 10 heteroatoms. The fourth-order valence-electron chi connectivity index (χ4n) is 9.44. The highest BCUT2D eigenvalue weighted by Crippen LogP contribution is 2.25. The van der Waals surface area contributed by atoms with Crippen molar-refractivity contribution in [2.24, 2.45) is 82.9 Å². The van der Waals surface area contributed by atoms with Crippen molar-refractivity contribution in [3.05, 3.63) is 0 Å². The molecule has 1 fully saturated rings. The zero-order chi connectivity index (χ0) is 52.8.